The van der Waals surface area contributed by atoms with Crippen LogP contribution in [0, 0.1) is 6.92 Å². The molecule has 122 valence electrons. The molecule has 3 N–H and O–H groups in total. The Balaban J connectivity index is 2.23. The van der Waals surface area contributed by atoms with E-state index in [0.717, 1.165) is 27.0 Å². The second kappa shape index (κ2) is 6.41. The molecular weight excluding hydrogens is 322 g/mol. The lowest BCUT2D eigenvalue weighted by molar-refractivity contribution is 0.100. The van der Waals surface area contributed by atoms with Crippen molar-refractivity contribution < 1.29 is 9.53 Å². The van der Waals surface area contributed by atoms with Crippen LogP contribution in [-0.4, -0.2) is 18.0 Å². The summed E-state index contributed by atoms with van der Waals surface area (Å²) in [5.41, 5.74) is 9.02. The molecule has 1 heterocycles. The molecule has 0 fully saturated rings. The van der Waals surface area contributed by atoms with Gasteiger partial charge in [-0.25, -0.2) is 0 Å². The molecule has 0 aliphatic rings. The van der Waals surface area contributed by atoms with E-state index in [2.05, 4.69) is 22.9 Å². The fourth-order valence-electron chi connectivity index (χ4n) is 2.63. The highest BCUT2D eigenvalue weighted by atomic mass is 32.1. The zero-order chi connectivity index (χ0) is 17.3. The zero-order valence-electron chi connectivity index (χ0n) is 13.3. The summed E-state index contributed by atoms with van der Waals surface area (Å²) in [4.78, 5) is 17.0. The summed E-state index contributed by atoms with van der Waals surface area (Å²) in [7, 11) is 1.60. The molecule has 0 saturated carbocycles. The normalized spacial score (nSPS) is 10.6. The van der Waals surface area contributed by atoms with Crippen LogP contribution in [0.3, 0.4) is 0 Å². The maximum absolute atomic E-state index is 11.8. The van der Waals surface area contributed by atoms with E-state index in [4.69, 9.17) is 10.5 Å². The lowest BCUT2D eigenvalue weighted by Gasteiger charge is -2.15. The molecule has 0 aliphatic heterocycles. The monoisotopic (exact) mass is 339 g/mol. The Bertz CT molecular complexity index is 941. The largest absolute Gasteiger partial charge is 0.497 e. The van der Waals surface area contributed by atoms with Gasteiger partial charge in [-0.05, 0) is 36.8 Å². The molecule has 1 aromatic heterocycles. The van der Waals surface area contributed by atoms with Crippen LogP contribution in [0.5, 0.6) is 5.75 Å². The molecule has 0 spiro atoms. The summed E-state index contributed by atoms with van der Waals surface area (Å²) in [5, 5.41) is 4.06. The SMILES string of the molecule is COc1cccc(Nc2c(C(N)=O)cnc3c(C)cc(S)cc23)c1. The van der Waals surface area contributed by atoms with Gasteiger partial charge >= 0.3 is 0 Å². The van der Waals surface area contributed by atoms with Gasteiger partial charge in [0.05, 0.1) is 23.9 Å². The van der Waals surface area contributed by atoms with Gasteiger partial charge < -0.3 is 15.8 Å². The third-order valence-corrected chi connectivity index (χ3v) is 4.01. The number of carbonyl (C=O) groups excluding carboxylic acids is 1. The molecule has 0 aliphatic carbocycles. The number of nitrogens with two attached hydrogens (primary N) is 1. The molecule has 0 saturated heterocycles. The first-order valence-electron chi connectivity index (χ1n) is 7.33. The van der Waals surface area contributed by atoms with E-state index >= 15 is 0 Å². The number of hydrogen-bond donors (Lipinski definition) is 3. The molecule has 3 aromatic rings. The van der Waals surface area contributed by atoms with Crippen LogP contribution in [0.1, 0.15) is 15.9 Å². The second-order valence-electron chi connectivity index (χ2n) is 5.43. The Morgan fingerprint density at radius 3 is 2.79 bits per heavy atom. The van der Waals surface area contributed by atoms with Crippen molar-refractivity contribution in [3.05, 3.63) is 53.7 Å². The van der Waals surface area contributed by atoms with E-state index in [1.807, 2.05) is 43.3 Å². The minimum atomic E-state index is -0.544. The number of nitrogens with one attached hydrogen (secondary N) is 1. The minimum Gasteiger partial charge on any atom is -0.497 e. The summed E-state index contributed by atoms with van der Waals surface area (Å²) in [6.07, 6.45) is 1.50. The Hall–Kier alpha value is -2.73. The molecule has 0 radical (unpaired) electrons. The number of aromatic nitrogens is 1. The van der Waals surface area contributed by atoms with E-state index in [9.17, 15) is 4.79 Å². The van der Waals surface area contributed by atoms with E-state index in [0.29, 0.717) is 17.0 Å². The average Bonchev–Trinajstić information content (AvgIpc) is 2.55. The molecule has 0 unspecified atom stereocenters. The third kappa shape index (κ3) is 3.00. The molecule has 2 aromatic carbocycles. The van der Waals surface area contributed by atoms with Crippen LogP contribution in [0.25, 0.3) is 10.9 Å². The van der Waals surface area contributed by atoms with Crippen molar-refractivity contribution in [3.8, 4) is 5.75 Å². The first-order chi connectivity index (χ1) is 11.5. The third-order valence-electron chi connectivity index (χ3n) is 3.75. The molecule has 1 amide bonds. The Kier molecular flexibility index (Phi) is 4.31. The van der Waals surface area contributed by atoms with Crippen molar-refractivity contribution in [3.63, 3.8) is 0 Å². The van der Waals surface area contributed by atoms with Gasteiger partial charge in [0.2, 0.25) is 0 Å². The van der Waals surface area contributed by atoms with Crippen molar-refractivity contribution in [2.24, 2.45) is 5.73 Å². The molecular formula is C18H17N3O2S. The average molecular weight is 339 g/mol. The van der Waals surface area contributed by atoms with Crippen molar-refractivity contribution >= 4 is 40.8 Å². The quantitative estimate of drug-likeness (QED) is 0.634. The number of fused-ring (bicyclic) bond motifs is 1. The van der Waals surface area contributed by atoms with Crippen LogP contribution in [0.4, 0.5) is 11.4 Å². The number of pyridine rings is 1. The van der Waals surface area contributed by atoms with Gasteiger partial charge in [0, 0.05) is 28.2 Å². The number of methoxy groups -OCH3 is 1. The predicted octanol–water partition coefficient (Wildman–Crippen LogP) is 3.68. The zero-order valence-corrected chi connectivity index (χ0v) is 14.2. The van der Waals surface area contributed by atoms with E-state index in [-0.39, 0.29) is 0 Å². The first-order valence-corrected chi connectivity index (χ1v) is 7.77. The standard InChI is InChI=1S/C18H17N3O2S/c1-10-6-13(24)8-14-16(10)20-9-15(18(19)22)17(14)21-11-4-3-5-12(7-11)23-2/h3-9,24H,1-2H3,(H2,19,22)(H,20,21). The molecule has 0 atom stereocenters. The smallest absolute Gasteiger partial charge is 0.252 e. The van der Waals surface area contributed by atoms with Gasteiger partial charge in [-0.2, -0.15) is 0 Å². The summed E-state index contributed by atoms with van der Waals surface area (Å²) in [5.74, 6) is 0.169. The van der Waals surface area contributed by atoms with Crippen LogP contribution in [0.15, 0.2) is 47.5 Å². The fourth-order valence-corrected chi connectivity index (χ4v) is 2.95. The van der Waals surface area contributed by atoms with Crippen molar-refractivity contribution in [1.29, 1.82) is 0 Å². The van der Waals surface area contributed by atoms with Gasteiger partial charge in [0.1, 0.15) is 5.75 Å². The number of benzene rings is 2. The summed E-state index contributed by atoms with van der Waals surface area (Å²) in [6.45, 7) is 1.95. The maximum Gasteiger partial charge on any atom is 0.252 e. The van der Waals surface area contributed by atoms with Gasteiger partial charge in [0.15, 0.2) is 0 Å². The second-order valence-corrected chi connectivity index (χ2v) is 5.94. The lowest BCUT2D eigenvalue weighted by Crippen LogP contribution is -2.14. The number of thiol groups is 1. The van der Waals surface area contributed by atoms with E-state index in [1.54, 1.807) is 7.11 Å². The number of nitrogens with zero attached hydrogens (tertiary/aromatic N) is 1. The van der Waals surface area contributed by atoms with Crippen LogP contribution < -0.4 is 15.8 Å². The maximum atomic E-state index is 11.8. The van der Waals surface area contributed by atoms with Gasteiger partial charge in [-0.1, -0.05) is 6.07 Å². The number of rotatable bonds is 4. The Morgan fingerprint density at radius 2 is 2.08 bits per heavy atom. The van der Waals surface area contributed by atoms with Gasteiger partial charge in [0.25, 0.3) is 5.91 Å². The van der Waals surface area contributed by atoms with Gasteiger partial charge in [-0.15, -0.1) is 12.6 Å². The topological polar surface area (TPSA) is 77.2 Å². The highest BCUT2D eigenvalue weighted by molar-refractivity contribution is 7.80. The highest BCUT2D eigenvalue weighted by Gasteiger charge is 2.15. The number of hydrogen-bond acceptors (Lipinski definition) is 5. The Morgan fingerprint density at radius 1 is 1.29 bits per heavy atom. The lowest BCUT2D eigenvalue weighted by atomic mass is 10.1. The summed E-state index contributed by atoms with van der Waals surface area (Å²) < 4.78 is 5.24. The number of primary amides is 1. The number of aryl methyl sites for hydroxylation is 1. The number of carbonyl (C=O) groups is 1. The van der Waals surface area contributed by atoms with E-state index in [1.165, 1.54) is 6.20 Å². The molecule has 5 nitrogen and oxygen atoms in total. The highest BCUT2D eigenvalue weighted by Crippen LogP contribution is 2.33. The minimum absolute atomic E-state index is 0.323. The summed E-state index contributed by atoms with van der Waals surface area (Å²) in [6, 6.07) is 11.2. The first kappa shape index (κ1) is 16.1. The number of ether oxygens (including phenoxy) is 1. The molecule has 24 heavy (non-hydrogen) atoms. The molecule has 0 bridgehead atoms. The van der Waals surface area contributed by atoms with Crippen LogP contribution in [0.2, 0.25) is 0 Å². The molecule has 3 rings (SSSR count). The fraction of sp³-hybridized carbons (Fsp3) is 0.111. The Labute approximate surface area is 145 Å². The van der Waals surface area contributed by atoms with Crippen LogP contribution in [-0.2, 0) is 0 Å². The molecule has 6 heteroatoms. The van der Waals surface area contributed by atoms with Crippen LogP contribution >= 0.6 is 12.6 Å². The van der Waals surface area contributed by atoms with E-state index < -0.39 is 5.91 Å². The summed E-state index contributed by atoms with van der Waals surface area (Å²) >= 11 is 4.43. The number of anilines is 2. The number of amides is 1. The van der Waals surface area contributed by atoms with Crippen molar-refractivity contribution in [2.75, 3.05) is 12.4 Å². The van der Waals surface area contributed by atoms with Gasteiger partial charge in [-0.3, -0.25) is 9.78 Å². The predicted molar refractivity (Wildman–Crippen MR) is 98.5 cm³/mol. The van der Waals surface area contributed by atoms with Crippen molar-refractivity contribution in [2.45, 2.75) is 11.8 Å². The van der Waals surface area contributed by atoms with Crippen molar-refractivity contribution in [1.82, 2.24) is 4.98 Å².